The molecule has 1 aromatic heterocycles. The van der Waals surface area contributed by atoms with Gasteiger partial charge >= 0.3 is 0 Å². The Kier molecular flexibility index (Phi) is 7.48. The fraction of sp³-hybridized carbons (Fsp3) is 0.467. The highest BCUT2D eigenvalue weighted by Crippen LogP contribution is 2.40. The van der Waals surface area contributed by atoms with Gasteiger partial charge in [-0.1, -0.05) is 50.5 Å². The molecule has 0 atom stereocenters. The van der Waals surface area contributed by atoms with E-state index in [1.807, 2.05) is 11.3 Å². The molecule has 0 radical (unpaired) electrons. The predicted octanol–water partition coefficient (Wildman–Crippen LogP) is 5.79. The van der Waals surface area contributed by atoms with Gasteiger partial charge in [-0.05, 0) is 39.8 Å². The van der Waals surface area contributed by atoms with Crippen molar-refractivity contribution in [2.75, 3.05) is 0 Å². The zero-order chi connectivity index (χ0) is 12.5. The molecule has 0 N–H and O–H groups in total. The summed E-state index contributed by atoms with van der Waals surface area (Å²) in [4.78, 5) is 1.42. The van der Waals surface area contributed by atoms with E-state index in [-0.39, 0.29) is 7.92 Å². The molecule has 0 bridgehead atoms. The van der Waals surface area contributed by atoms with Crippen molar-refractivity contribution in [3.8, 4) is 0 Å². The summed E-state index contributed by atoms with van der Waals surface area (Å²) in [5, 5.41) is 0. The number of aryl methyl sites for hydroxylation is 1. The average molecular weight is 266 g/mol. The first kappa shape index (κ1) is 14.7. The van der Waals surface area contributed by atoms with Gasteiger partial charge in [0.1, 0.15) is 0 Å². The van der Waals surface area contributed by atoms with Gasteiger partial charge in [-0.25, -0.2) is 0 Å². The molecule has 0 aliphatic rings. The second kappa shape index (κ2) is 8.66. The maximum absolute atomic E-state index is 2.41. The summed E-state index contributed by atoms with van der Waals surface area (Å²) in [5.74, 6) is 4.83. The van der Waals surface area contributed by atoms with Crippen molar-refractivity contribution in [2.45, 2.75) is 46.5 Å². The molecule has 1 heterocycles. The van der Waals surface area contributed by atoms with Gasteiger partial charge in [-0.2, -0.15) is 0 Å². The molecule has 94 valence electrons. The lowest BCUT2D eigenvalue weighted by atomic mass is 10.3. The Hall–Kier alpha value is -0.390. The Bertz CT molecular complexity index is 347. The van der Waals surface area contributed by atoms with Crippen LogP contribution in [0.25, 0.3) is 0 Å². The minimum atomic E-state index is -0.201. The van der Waals surface area contributed by atoms with Crippen molar-refractivity contribution in [3.63, 3.8) is 0 Å². The Morgan fingerprint density at radius 1 is 1.06 bits per heavy atom. The highest BCUT2D eigenvalue weighted by molar-refractivity contribution is 7.76. The minimum absolute atomic E-state index is 0.201. The monoisotopic (exact) mass is 266 g/mol. The van der Waals surface area contributed by atoms with Gasteiger partial charge in [-0.15, -0.1) is 11.3 Å². The number of hydrogen-bond donors (Lipinski definition) is 0. The van der Waals surface area contributed by atoms with Crippen molar-refractivity contribution in [1.29, 1.82) is 0 Å². The standard InChI is InChI=1S/C15H23PS/c1-4-6-8-12-16(13-9-7-5-2)15-11-10-14(3)17-15/h8-13H,4-7H2,1-3H3. The van der Waals surface area contributed by atoms with Crippen molar-refractivity contribution in [1.82, 2.24) is 0 Å². The van der Waals surface area contributed by atoms with Crippen LogP contribution >= 0.6 is 19.3 Å². The van der Waals surface area contributed by atoms with Crippen LogP contribution in [0.15, 0.2) is 35.9 Å². The normalized spacial score (nSPS) is 13.8. The first-order valence-corrected chi connectivity index (χ1v) is 8.75. The second-order valence-corrected chi connectivity index (χ2v) is 7.62. The van der Waals surface area contributed by atoms with E-state index < -0.39 is 0 Å². The summed E-state index contributed by atoms with van der Waals surface area (Å²) in [7, 11) is -0.201. The van der Waals surface area contributed by atoms with E-state index in [9.17, 15) is 0 Å². The van der Waals surface area contributed by atoms with Crippen LogP contribution in [0.5, 0.6) is 0 Å². The van der Waals surface area contributed by atoms with Crippen molar-refractivity contribution >= 4 is 23.9 Å². The van der Waals surface area contributed by atoms with Crippen LogP contribution in [-0.4, -0.2) is 0 Å². The highest BCUT2D eigenvalue weighted by atomic mass is 32.1. The molecule has 2 heteroatoms. The lowest BCUT2D eigenvalue weighted by Crippen LogP contribution is -1.87. The zero-order valence-corrected chi connectivity index (χ0v) is 12.9. The van der Waals surface area contributed by atoms with Crippen LogP contribution in [0, 0.1) is 6.92 Å². The van der Waals surface area contributed by atoms with Crippen LogP contribution in [0.4, 0.5) is 0 Å². The lowest BCUT2D eigenvalue weighted by Gasteiger charge is -2.05. The number of allylic oxidation sites excluding steroid dienone is 2. The van der Waals surface area contributed by atoms with Crippen molar-refractivity contribution in [3.05, 3.63) is 40.8 Å². The van der Waals surface area contributed by atoms with E-state index in [2.05, 4.69) is 56.7 Å². The molecule has 0 aliphatic heterocycles. The third-order valence-electron chi connectivity index (χ3n) is 2.42. The molecule has 17 heavy (non-hydrogen) atoms. The van der Waals surface area contributed by atoms with Gasteiger partial charge in [0, 0.05) is 9.50 Å². The van der Waals surface area contributed by atoms with E-state index in [1.54, 1.807) is 0 Å². The summed E-state index contributed by atoms with van der Waals surface area (Å²) in [6.07, 6.45) is 9.56. The predicted molar refractivity (Wildman–Crippen MR) is 83.7 cm³/mol. The van der Waals surface area contributed by atoms with E-state index in [4.69, 9.17) is 0 Å². The number of thiophene rings is 1. The van der Waals surface area contributed by atoms with Gasteiger partial charge < -0.3 is 0 Å². The first-order valence-electron chi connectivity index (χ1n) is 6.46. The smallest absolute Gasteiger partial charge is 0.0359 e. The summed E-state index contributed by atoms with van der Waals surface area (Å²) in [6, 6.07) is 4.52. The van der Waals surface area contributed by atoms with Crippen molar-refractivity contribution < 1.29 is 0 Å². The zero-order valence-electron chi connectivity index (χ0n) is 11.1. The summed E-state index contributed by atoms with van der Waals surface area (Å²) in [6.45, 7) is 6.65. The molecule has 0 aromatic carbocycles. The van der Waals surface area contributed by atoms with Gasteiger partial charge in [0.15, 0.2) is 0 Å². The third-order valence-corrected chi connectivity index (χ3v) is 5.86. The first-order chi connectivity index (χ1) is 8.27. The molecule has 0 amide bonds. The molecule has 0 nitrogen and oxygen atoms in total. The molecule has 1 rings (SSSR count). The van der Waals surface area contributed by atoms with Crippen LogP contribution < -0.4 is 4.62 Å². The molecular weight excluding hydrogens is 243 g/mol. The molecule has 0 saturated heterocycles. The topological polar surface area (TPSA) is 0 Å². The van der Waals surface area contributed by atoms with Crippen molar-refractivity contribution in [2.24, 2.45) is 0 Å². The van der Waals surface area contributed by atoms with Gasteiger partial charge in [0.2, 0.25) is 0 Å². The quantitative estimate of drug-likeness (QED) is 0.548. The highest BCUT2D eigenvalue weighted by Gasteiger charge is 2.05. The molecular formula is C15H23PS. The number of hydrogen-bond acceptors (Lipinski definition) is 1. The Balaban J connectivity index is 2.71. The summed E-state index contributed by atoms with van der Waals surface area (Å²) >= 11 is 1.94. The number of rotatable bonds is 7. The van der Waals surface area contributed by atoms with Crippen LogP contribution in [0.1, 0.15) is 44.4 Å². The van der Waals surface area contributed by atoms with E-state index >= 15 is 0 Å². The summed E-state index contributed by atoms with van der Waals surface area (Å²) in [5.41, 5.74) is 0. The van der Waals surface area contributed by atoms with Gasteiger partial charge in [0.05, 0.1) is 0 Å². The third kappa shape index (κ3) is 5.66. The Morgan fingerprint density at radius 2 is 1.65 bits per heavy atom. The fourth-order valence-electron chi connectivity index (χ4n) is 1.47. The van der Waals surface area contributed by atoms with E-state index in [0.717, 1.165) is 0 Å². The SMILES string of the molecule is CCCC=CP(C=CCCC)c1ccc(C)s1. The Morgan fingerprint density at radius 3 is 2.06 bits per heavy atom. The molecule has 0 unspecified atom stereocenters. The maximum atomic E-state index is 2.41. The maximum Gasteiger partial charge on any atom is 0.0359 e. The molecule has 0 aliphatic carbocycles. The van der Waals surface area contributed by atoms with E-state index in [1.165, 1.54) is 35.2 Å². The van der Waals surface area contributed by atoms with Gasteiger partial charge in [0.25, 0.3) is 0 Å². The molecule has 1 aromatic rings. The summed E-state index contributed by atoms with van der Waals surface area (Å²) < 4.78 is 1.53. The Labute approximate surface area is 111 Å². The molecule has 0 fully saturated rings. The van der Waals surface area contributed by atoms with Crippen LogP contribution in [0.2, 0.25) is 0 Å². The van der Waals surface area contributed by atoms with Gasteiger partial charge in [-0.3, -0.25) is 0 Å². The molecule has 0 saturated carbocycles. The lowest BCUT2D eigenvalue weighted by molar-refractivity contribution is 0.959. The molecule has 0 spiro atoms. The van der Waals surface area contributed by atoms with Crippen LogP contribution in [-0.2, 0) is 0 Å². The van der Waals surface area contributed by atoms with Crippen LogP contribution in [0.3, 0.4) is 0 Å². The number of unbranched alkanes of at least 4 members (excludes halogenated alkanes) is 2. The van der Waals surface area contributed by atoms with E-state index in [0.29, 0.717) is 0 Å². The minimum Gasteiger partial charge on any atom is -0.140 e. The fourth-order valence-corrected chi connectivity index (χ4v) is 4.68. The second-order valence-electron chi connectivity index (χ2n) is 4.14. The average Bonchev–Trinajstić information content (AvgIpc) is 2.74. The largest absolute Gasteiger partial charge is 0.140 e.